The highest BCUT2D eigenvalue weighted by atomic mass is 32.1. The number of hydrogen-bond acceptors (Lipinski definition) is 5. The number of hydrogen-bond donors (Lipinski definition) is 0. The molecule has 5 heteroatoms. The fourth-order valence-corrected chi connectivity index (χ4v) is 2.67. The summed E-state index contributed by atoms with van der Waals surface area (Å²) in [6, 6.07) is 10.3. The monoisotopic (exact) mass is 290 g/mol. The number of rotatable bonds is 6. The minimum absolute atomic E-state index is 0.197. The van der Waals surface area contributed by atoms with E-state index in [0.29, 0.717) is 12.8 Å². The summed E-state index contributed by atoms with van der Waals surface area (Å²) in [5.74, 6) is -0.197. The number of carbonyl (C=O) groups is 1. The molecule has 4 nitrogen and oxygen atoms in total. The van der Waals surface area contributed by atoms with Crippen LogP contribution >= 0.6 is 11.3 Å². The molecule has 20 heavy (non-hydrogen) atoms. The number of benzene rings is 1. The SMILES string of the molecule is COC(=O)CCc1csc(N(C)Cc2ccccc2)n1. The molecule has 2 rings (SSSR count). The molecule has 0 saturated heterocycles. The fourth-order valence-electron chi connectivity index (χ4n) is 1.84. The first-order valence-corrected chi connectivity index (χ1v) is 7.33. The van der Waals surface area contributed by atoms with Crippen LogP contribution in [0, 0.1) is 0 Å². The van der Waals surface area contributed by atoms with Gasteiger partial charge in [0.1, 0.15) is 0 Å². The lowest BCUT2D eigenvalue weighted by molar-refractivity contribution is -0.140. The molecule has 0 unspecified atom stereocenters. The van der Waals surface area contributed by atoms with Gasteiger partial charge in [0.25, 0.3) is 0 Å². The number of anilines is 1. The first-order chi connectivity index (χ1) is 9.69. The lowest BCUT2D eigenvalue weighted by atomic mass is 10.2. The number of aromatic nitrogens is 1. The van der Waals surface area contributed by atoms with Crippen molar-refractivity contribution in [2.24, 2.45) is 0 Å². The van der Waals surface area contributed by atoms with Gasteiger partial charge in [-0.05, 0) is 5.56 Å². The number of nitrogens with zero attached hydrogens (tertiary/aromatic N) is 2. The molecule has 0 aliphatic carbocycles. The Balaban J connectivity index is 1.92. The minimum atomic E-state index is -0.197. The standard InChI is InChI=1S/C15H18N2O2S/c1-17(10-12-6-4-3-5-7-12)15-16-13(11-20-15)8-9-14(18)19-2/h3-7,11H,8-10H2,1-2H3. The van der Waals surface area contributed by atoms with E-state index in [9.17, 15) is 4.79 Å². The van der Waals surface area contributed by atoms with Crippen LogP contribution < -0.4 is 4.90 Å². The van der Waals surface area contributed by atoms with Crippen molar-refractivity contribution in [2.75, 3.05) is 19.1 Å². The van der Waals surface area contributed by atoms with Gasteiger partial charge < -0.3 is 9.64 Å². The number of ether oxygens (including phenoxy) is 1. The smallest absolute Gasteiger partial charge is 0.305 e. The molecule has 0 atom stereocenters. The average molecular weight is 290 g/mol. The van der Waals surface area contributed by atoms with Gasteiger partial charge in [0.05, 0.1) is 19.2 Å². The Morgan fingerprint density at radius 3 is 2.80 bits per heavy atom. The van der Waals surface area contributed by atoms with Crippen molar-refractivity contribution in [2.45, 2.75) is 19.4 Å². The van der Waals surface area contributed by atoms with Crippen LogP contribution in [0.5, 0.6) is 0 Å². The van der Waals surface area contributed by atoms with E-state index < -0.39 is 0 Å². The Labute approximate surface area is 123 Å². The van der Waals surface area contributed by atoms with E-state index in [1.54, 1.807) is 11.3 Å². The molecule has 106 valence electrons. The van der Waals surface area contributed by atoms with Gasteiger partial charge in [-0.2, -0.15) is 0 Å². The molecule has 0 saturated carbocycles. The molecule has 1 heterocycles. The molecule has 0 radical (unpaired) electrons. The van der Waals surface area contributed by atoms with Gasteiger partial charge in [-0.1, -0.05) is 30.3 Å². The zero-order valence-electron chi connectivity index (χ0n) is 11.7. The topological polar surface area (TPSA) is 42.4 Å². The predicted octanol–water partition coefficient (Wildman–Crippen LogP) is 2.89. The molecular formula is C15H18N2O2S. The van der Waals surface area contributed by atoms with E-state index in [0.717, 1.165) is 17.4 Å². The predicted molar refractivity (Wildman–Crippen MR) is 81.0 cm³/mol. The lowest BCUT2D eigenvalue weighted by Gasteiger charge is -2.15. The van der Waals surface area contributed by atoms with Gasteiger partial charge >= 0.3 is 5.97 Å². The van der Waals surface area contributed by atoms with E-state index in [4.69, 9.17) is 0 Å². The van der Waals surface area contributed by atoms with Gasteiger partial charge in [-0.25, -0.2) is 4.98 Å². The van der Waals surface area contributed by atoms with Crippen LogP contribution in [0.25, 0.3) is 0 Å². The lowest BCUT2D eigenvalue weighted by Crippen LogP contribution is -2.16. The van der Waals surface area contributed by atoms with Crippen LogP contribution in [0.15, 0.2) is 35.7 Å². The van der Waals surface area contributed by atoms with Gasteiger partial charge in [-0.15, -0.1) is 11.3 Å². The quantitative estimate of drug-likeness (QED) is 0.767. The van der Waals surface area contributed by atoms with E-state index in [2.05, 4.69) is 26.8 Å². The van der Waals surface area contributed by atoms with Crippen molar-refractivity contribution >= 4 is 22.4 Å². The van der Waals surface area contributed by atoms with Crippen LogP contribution in [0.3, 0.4) is 0 Å². The molecule has 0 aliphatic heterocycles. The first-order valence-electron chi connectivity index (χ1n) is 6.45. The molecule has 0 aliphatic rings. The Morgan fingerprint density at radius 2 is 2.10 bits per heavy atom. The van der Waals surface area contributed by atoms with Crippen molar-refractivity contribution in [1.82, 2.24) is 4.98 Å². The molecule has 0 fully saturated rings. The highest BCUT2D eigenvalue weighted by molar-refractivity contribution is 7.13. The van der Waals surface area contributed by atoms with Crippen molar-refractivity contribution in [1.29, 1.82) is 0 Å². The summed E-state index contributed by atoms with van der Waals surface area (Å²) in [6.45, 7) is 0.824. The van der Waals surface area contributed by atoms with Gasteiger partial charge in [0.15, 0.2) is 5.13 Å². The summed E-state index contributed by atoms with van der Waals surface area (Å²) < 4.78 is 4.63. The Morgan fingerprint density at radius 1 is 1.35 bits per heavy atom. The number of esters is 1. The highest BCUT2D eigenvalue weighted by Crippen LogP contribution is 2.21. The minimum Gasteiger partial charge on any atom is -0.469 e. The second kappa shape index (κ2) is 7.05. The number of carbonyl (C=O) groups excluding carboxylic acids is 1. The summed E-state index contributed by atoms with van der Waals surface area (Å²) in [4.78, 5) is 17.8. The third-order valence-corrected chi connectivity index (χ3v) is 3.95. The van der Waals surface area contributed by atoms with Crippen molar-refractivity contribution in [3.8, 4) is 0 Å². The maximum atomic E-state index is 11.1. The molecule has 2 aromatic rings. The van der Waals surface area contributed by atoms with Crippen LogP contribution in [0.4, 0.5) is 5.13 Å². The second-order valence-electron chi connectivity index (χ2n) is 4.54. The third-order valence-electron chi connectivity index (χ3n) is 2.94. The van der Waals surface area contributed by atoms with E-state index in [1.165, 1.54) is 12.7 Å². The zero-order valence-corrected chi connectivity index (χ0v) is 12.5. The third kappa shape index (κ3) is 4.06. The van der Waals surface area contributed by atoms with Crippen molar-refractivity contribution in [3.63, 3.8) is 0 Å². The Hall–Kier alpha value is -1.88. The summed E-state index contributed by atoms with van der Waals surface area (Å²) in [7, 11) is 3.43. The molecule has 0 bridgehead atoms. The molecule has 0 amide bonds. The molecular weight excluding hydrogens is 272 g/mol. The van der Waals surface area contributed by atoms with Crippen LogP contribution in [-0.2, 0) is 22.5 Å². The van der Waals surface area contributed by atoms with Crippen LogP contribution in [0.1, 0.15) is 17.7 Å². The number of methoxy groups -OCH3 is 1. The average Bonchev–Trinajstić information content (AvgIpc) is 2.95. The highest BCUT2D eigenvalue weighted by Gasteiger charge is 2.09. The van der Waals surface area contributed by atoms with Crippen LogP contribution in [-0.4, -0.2) is 25.1 Å². The first kappa shape index (κ1) is 14.5. The largest absolute Gasteiger partial charge is 0.469 e. The summed E-state index contributed by atoms with van der Waals surface area (Å²) in [5, 5.41) is 2.97. The van der Waals surface area contributed by atoms with E-state index in [1.807, 2.05) is 30.6 Å². The Bertz CT molecular complexity index is 554. The normalized spacial score (nSPS) is 10.3. The zero-order chi connectivity index (χ0) is 14.4. The summed E-state index contributed by atoms with van der Waals surface area (Å²) >= 11 is 1.60. The fraction of sp³-hybridized carbons (Fsp3) is 0.333. The molecule has 1 aromatic carbocycles. The molecule has 0 spiro atoms. The molecule has 1 aromatic heterocycles. The number of aryl methyl sites for hydroxylation is 1. The van der Waals surface area contributed by atoms with Gasteiger partial charge in [0.2, 0.25) is 0 Å². The maximum Gasteiger partial charge on any atom is 0.305 e. The van der Waals surface area contributed by atoms with E-state index in [-0.39, 0.29) is 5.97 Å². The summed E-state index contributed by atoms with van der Waals surface area (Å²) in [5.41, 5.74) is 2.19. The second-order valence-corrected chi connectivity index (χ2v) is 5.38. The van der Waals surface area contributed by atoms with Gasteiger partial charge in [0, 0.05) is 25.4 Å². The Kier molecular flexibility index (Phi) is 5.12. The van der Waals surface area contributed by atoms with Crippen LogP contribution in [0.2, 0.25) is 0 Å². The van der Waals surface area contributed by atoms with E-state index >= 15 is 0 Å². The van der Waals surface area contributed by atoms with Crippen molar-refractivity contribution < 1.29 is 9.53 Å². The summed E-state index contributed by atoms with van der Waals surface area (Å²) in [6.07, 6.45) is 1.00. The molecule has 0 N–H and O–H groups in total. The van der Waals surface area contributed by atoms with Crippen molar-refractivity contribution in [3.05, 3.63) is 47.0 Å². The number of thiazole rings is 1. The van der Waals surface area contributed by atoms with Gasteiger partial charge in [-0.3, -0.25) is 4.79 Å². The maximum absolute atomic E-state index is 11.1.